The normalized spacial score (nSPS) is 13.0. The summed E-state index contributed by atoms with van der Waals surface area (Å²) in [6, 6.07) is 0. The Labute approximate surface area is 93.7 Å². The minimum absolute atomic E-state index is 0.197. The second-order valence-corrected chi connectivity index (χ2v) is 5.21. The molecule has 4 nitrogen and oxygen atoms in total. The van der Waals surface area contributed by atoms with Crippen LogP contribution in [0.5, 0.6) is 0 Å². The van der Waals surface area contributed by atoms with Crippen molar-refractivity contribution in [2.24, 2.45) is 0 Å². The van der Waals surface area contributed by atoms with Crippen LogP contribution in [0, 0.1) is 0 Å². The minimum Gasteiger partial charge on any atom is -0.316 e. The predicted octanol–water partition coefficient (Wildman–Crippen LogP) is 0.858. The van der Waals surface area contributed by atoms with Crippen LogP contribution in [0.1, 0.15) is 19.8 Å². The van der Waals surface area contributed by atoms with Crippen molar-refractivity contribution in [2.75, 3.05) is 25.4 Å². The Morgan fingerprint density at radius 3 is 2.31 bits per heavy atom. The molecule has 0 aliphatic rings. The van der Waals surface area contributed by atoms with E-state index in [-0.39, 0.29) is 6.54 Å². The Kier molecular flexibility index (Phi) is 6.93. The molecule has 16 heavy (non-hydrogen) atoms. The van der Waals surface area contributed by atoms with Gasteiger partial charge >= 0.3 is 6.18 Å². The molecule has 0 fully saturated rings. The smallest absolute Gasteiger partial charge is 0.316 e. The Morgan fingerprint density at radius 1 is 1.19 bits per heavy atom. The van der Waals surface area contributed by atoms with Gasteiger partial charge in [-0.05, 0) is 13.0 Å². The van der Waals surface area contributed by atoms with Gasteiger partial charge in [-0.25, -0.2) is 13.1 Å². The molecule has 0 saturated carbocycles. The summed E-state index contributed by atoms with van der Waals surface area (Å²) in [6.45, 7) is 3.25. The summed E-state index contributed by atoms with van der Waals surface area (Å²) in [5, 5.41) is 2.89. The fourth-order valence-corrected chi connectivity index (χ4v) is 2.09. The highest BCUT2D eigenvalue weighted by Gasteiger charge is 2.27. The third-order valence-corrected chi connectivity index (χ3v) is 3.22. The van der Waals surface area contributed by atoms with Crippen LogP contribution in [0.2, 0.25) is 0 Å². The molecule has 0 aromatic rings. The summed E-state index contributed by atoms with van der Waals surface area (Å²) in [5.41, 5.74) is 0. The average molecular weight is 262 g/mol. The molecule has 8 heteroatoms. The highest BCUT2D eigenvalue weighted by atomic mass is 32.2. The van der Waals surface area contributed by atoms with Crippen LogP contribution in [0.15, 0.2) is 0 Å². The zero-order valence-electron chi connectivity index (χ0n) is 9.10. The zero-order valence-corrected chi connectivity index (χ0v) is 9.92. The van der Waals surface area contributed by atoms with Crippen molar-refractivity contribution in [1.82, 2.24) is 10.0 Å². The van der Waals surface area contributed by atoms with Crippen LogP contribution in [-0.2, 0) is 10.0 Å². The molecule has 0 rings (SSSR count). The average Bonchev–Trinajstić information content (AvgIpc) is 2.10. The molecule has 0 bridgehead atoms. The summed E-state index contributed by atoms with van der Waals surface area (Å²) in [5.74, 6) is -0.487. The molecule has 0 saturated heterocycles. The van der Waals surface area contributed by atoms with Crippen LogP contribution in [0.3, 0.4) is 0 Å². The van der Waals surface area contributed by atoms with Crippen molar-refractivity contribution in [1.29, 1.82) is 0 Å². The maximum absolute atomic E-state index is 11.8. The molecule has 0 heterocycles. The third kappa shape index (κ3) is 10.2. The van der Waals surface area contributed by atoms with E-state index in [2.05, 4.69) is 10.0 Å². The van der Waals surface area contributed by atoms with Gasteiger partial charge in [0.1, 0.15) is 0 Å². The molecule has 0 aliphatic heterocycles. The van der Waals surface area contributed by atoms with Crippen molar-refractivity contribution in [3.8, 4) is 0 Å². The molecule has 0 unspecified atom stereocenters. The van der Waals surface area contributed by atoms with Gasteiger partial charge < -0.3 is 5.32 Å². The van der Waals surface area contributed by atoms with E-state index in [0.29, 0.717) is 6.54 Å². The first-order valence-corrected chi connectivity index (χ1v) is 6.67. The summed E-state index contributed by atoms with van der Waals surface area (Å²) < 4.78 is 59.8. The van der Waals surface area contributed by atoms with Crippen molar-refractivity contribution in [3.63, 3.8) is 0 Å². The second kappa shape index (κ2) is 7.08. The quantitative estimate of drug-likeness (QED) is 0.638. The molecule has 98 valence electrons. The summed E-state index contributed by atoms with van der Waals surface area (Å²) in [4.78, 5) is 0. The van der Waals surface area contributed by atoms with Crippen molar-refractivity contribution >= 4 is 10.0 Å². The molecule has 0 atom stereocenters. The number of nitrogens with one attached hydrogen (secondary N) is 2. The number of likely N-dealkylation sites (N-methyl/N-ethyl adjacent to an activating group) is 1. The predicted molar refractivity (Wildman–Crippen MR) is 55.6 cm³/mol. The van der Waals surface area contributed by atoms with E-state index >= 15 is 0 Å². The summed E-state index contributed by atoms with van der Waals surface area (Å²) in [6.07, 6.45) is -5.76. The number of alkyl halides is 3. The van der Waals surface area contributed by atoms with Gasteiger partial charge in [-0.15, -0.1) is 0 Å². The molecule has 0 radical (unpaired) electrons. The van der Waals surface area contributed by atoms with Gasteiger partial charge in [0.25, 0.3) is 0 Å². The van der Waals surface area contributed by atoms with Gasteiger partial charge in [0, 0.05) is 19.5 Å². The van der Waals surface area contributed by atoms with E-state index in [0.717, 1.165) is 6.54 Å². The Morgan fingerprint density at radius 2 is 1.81 bits per heavy atom. The highest BCUT2D eigenvalue weighted by molar-refractivity contribution is 7.89. The second-order valence-electron chi connectivity index (χ2n) is 3.29. The van der Waals surface area contributed by atoms with Gasteiger partial charge in [-0.2, -0.15) is 13.2 Å². The lowest BCUT2D eigenvalue weighted by molar-refractivity contribution is -0.134. The van der Waals surface area contributed by atoms with Gasteiger partial charge in [-0.3, -0.25) is 0 Å². The van der Waals surface area contributed by atoms with Crippen molar-refractivity contribution in [2.45, 2.75) is 25.9 Å². The van der Waals surface area contributed by atoms with E-state index in [1.165, 1.54) is 0 Å². The molecule has 0 aromatic heterocycles. The topological polar surface area (TPSA) is 58.2 Å². The maximum Gasteiger partial charge on any atom is 0.389 e. The SMILES string of the molecule is CCNCCNS(=O)(=O)CCCC(F)(F)F. The van der Waals surface area contributed by atoms with E-state index in [1.54, 1.807) is 0 Å². The zero-order chi connectivity index (χ0) is 12.7. The molecular weight excluding hydrogens is 245 g/mol. The third-order valence-electron chi connectivity index (χ3n) is 1.75. The number of hydrogen-bond donors (Lipinski definition) is 2. The van der Waals surface area contributed by atoms with Crippen LogP contribution >= 0.6 is 0 Å². The van der Waals surface area contributed by atoms with Gasteiger partial charge in [0.15, 0.2) is 0 Å². The molecule has 0 aromatic carbocycles. The lowest BCUT2D eigenvalue weighted by atomic mass is 10.3. The first kappa shape index (κ1) is 15.7. The first-order chi connectivity index (χ1) is 7.27. The van der Waals surface area contributed by atoms with Crippen molar-refractivity contribution in [3.05, 3.63) is 0 Å². The lowest BCUT2D eigenvalue weighted by Crippen LogP contribution is -2.33. The van der Waals surface area contributed by atoms with Crippen LogP contribution in [0.4, 0.5) is 13.2 Å². The van der Waals surface area contributed by atoms with Gasteiger partial charge in [0.05, 0.1) is 5.75 Å². The maximum atomic E-state index is 11.8. The molecule has 0 spiro atoms. The first-order valence-electron chi connectivity index (χ1n) is 5.01. The Bertz CT molecular complexity index is 277. The molecular formula is C8H17F3N2O2S. The molecule has 0 amide bonds. The summed E-state index contributed by atoms with van der Waals surface area (Å²) in [7, 11) is -3.57. The van der Waals surface area contributed by atoms with E-state index in [9.17, 15) is 21.6 Å². The van der Waals surface area contributed by atoms with Gasteiger partial charge in [-0.1, -0.05) is 6.92 Å². The largest absolute Gasteiger partial charge is 0.389 e. The summed E-state index contributed by atoms with van der Waals surface area (Å²) >= 11 is 0. The van der Waals surface area contributed by atoms with E-state index in [1.807, 2.05) is 6.92 Å². The Balaban J connectivity index is 3.71. The fourth-order valence-electron chi connectivity index (χ4n) is 1.01. The lowest BCUT2D eigenvalue weighted by Gasteiger charge is -2.08. The van der Waals surface area contributed by atoms with Crippen molar-refractivity contribution < 1.29 is 21.6 Å². The van der Waals surface area contributed by atoms with E-state index < -0.39 is 34.8 Å². The molecule has 0 aliphatic carbocycles. The Hall–Kier alpha value is -0.340. The molecule has 2 N–H and O–H groups in total. The number of halogens is 3. The van der Waals surface area contributed by atoms with E-state index in [4.69, 9.17) is 0 Å². The monoisotopic (exact) mass is 262 g/mol. The van der Waals surface area contributed by atoms with Crippen LogP contribution in [0.25, 0.3) is 0 Å². The van der Waals surface area contributed by atoms with Crippen LogP contribution in [-0.4, -0.2) is 40.0 Å². The van der Waals surface area contributed by atoms with Crippen LogP contribution < -0.4 is 10.0 Å². The number of sulfonamides is 1. The number of rotatable bonds is 8. The number of hydrogen-bond acceptors (Lipinski definition) is 3. The van der Waals surface area contributed by atoms with Gasteiger partial charge in [0.2, 0.25) is 10.0 Å². The standard InChI is InChI=1S/C8H17F3N2O2S/c1-2-12-5-6-13-16(14,15)7-3-4-8(9,10)11/h12-13H,2-7H2,1H3. The minimum atomic E-state index is -4.29. The highest BCUT2D eigenvalue weighted by Crippen LogP contribution is 2.21. The fraction of sp³-hybridized carbons (Fsp3) is 1.00.